The second-order valence-corrected chi connectivity index (χ2v) is 11.9. The van der Waals surface area contributed by atoms with Crippen molar-refractivity contribution in [1.82, 2.24) is 15.0 Å². The Kier molecular flexibility index (Phi) is 7.22. The highest BCUT2D eigenvalue weighted by Gasteiger charge is 2.21. The topological polar surface area (TPSA) is 97.0 Å². The van der Waals surface area contributed by atoms with Gasteiger partial charge in [-0.1, -0.05) is 17.7 Å². The number of benzene rings is 1. The van der Waals surface area contributed by atoms with Crippen LogP contribution < -0.4 is 10.9 Å². The molecule has 0 radical (unpaired) electrons. The molecule has 1 aromatic carbocycles. The number of nitrogens with zero attached hydrogens (tertiary/aromatic N) is 2. The Bertz CT molecular complexity index is 1410. The van der Waals surface area contributed by atoms with Crippen LogP contribution in [0, 0.1) is 6.92 Å². The summed E-state index contributed by atoms with van der Waals surface area (Å²) in [5, 5.41) is 6.26. The molecule has 0 amide bonds. The minimum atomic E-state index is -0.392. The number of aromatic amines is 1. The van der Waals surface area contributed by atoms with E-state index >= 15 is 0 Å². The van der Waals surface area contributed by atoms with Crippen LogP contribution in [0.1, 0.15) is 47.3 Å². The summed E-state index contributed by atoms with van der Waals surface area (Å²) in [7, 11) is 0. The summed E-state index contributed by atoms with van der Waals surface area (Å²) in [6, 6.07) is 8.08. The molecule has 10 heteroatoms. The van der Waals surface area contributed by atoms with Gasteiger partial charge >= 0.3 is 5.97 Å². The smallest absolute Gasteiger partial charge is 0.319 e. The normalized spacial score (nSPS) is 14.0. The molecule has 0 bridgehead atoms. The Labute approximate surface area is 215 Å². The summed E-state index contributed by atoms with van der Waals surface area (Å²) in [5.74, 6) is 0.717. The standard InChI is InChI=1S/C25H26N4O3S3/c1-14-7-9-16(10-8-14)26-25-27-17(12-34-25)11-32-24(31)15(2)33-13-20-28-22(30)21-18-5-3-4-6-19(18)35-23(21)29-20/h7-10,12,15H,3-6,11,13H2,1-2H3,(H,26,27)(H,28,29,30)/t15-/m1/s1. The molecule has 5 rings (SSSR count). The molecule has 0 fully saturated rings. The van der Waals surface area contributed by atoms with E-state index in [9.17, 15) is 9.59 Å². The third-order valence-corrected chi connectivity index (χ3v) is 9.02. The van der Waals surface area contributed by atoms with Crippen molar-refractivity contribution in [2.45, 2.75) is 57.1 Å². The minimum absolute atomic E-state index is 0.0705. The number of nitrogens with one attached hydrogen (secondary N) is 2. The van der Waals surface area contributed by atoms with Crippen LogP contribution in [0.25, 0.3) is 10.2 Å². The molecule has 4 aromatic rings. The Hall–Kier alpha value is -2.69. The van der Waals surface area contributed by atoms with E-state index < -0.39 is 5.25 Å². The number of esters is 1. The van der Waals surface area contributed by atoms with Gasteiger partial charge in [0.1, 0.15) is 22.5 Å². The zero-order valence-electron chi connectivity index (χ0n) is 19.6. The van der Waals surface area contributed by atoms with Gasteiger partial charge in [-0.05, 0) is 57.2 Å². The van der Waals surface area contributed by atoms with Crippen LogP contribution >= 0.6 is 34.4 Å². The summed E-state index contributed by atoms with van der Waals surface area (Å²) in [5.41, 5.74) is 3.97. The van der Waals surface area contributed by atoms with Gasteiger partial charge in [0.05, 0.1) is 16.8 Å². The highest BCUT2D eigenvalue weighted by atomic mass is 32.2. The maximum Gasteiger partial charge on any atom is 0.319 e. The van der Waals surface area contributed by atoms with Gasteiger partial charge in [-0.25, -0.2) is 9.97 Å². The number of H-pyrrole nitrogens is 1. The van der Waals surface area contributed by atoms with Crippen LogP contribution in [0.5, 0.6) is 0 Å². The number of aromatic nitrogens is 3. The molecule has 182 valence electrons. The molecule has 3 heterocycles. The van der Waals surface area contributed by atoms with E-state index in [1.165, 1.54) is 45.5 Å². The predicted octanol–water partition coefficient (Wildman–Crippen LogP) is 5.74. The predicted molar refractivity (Wildman–Crippen MR) is 144 cm³/mol. The van der Waals surface area contributed by atoms with Gasteiger partial charge in [0.15, 0.2) is 5.13 Å². The highest BCUT2D eigenvalue weighted by Crippen LogP contribution is 2.33. The number of aryl methyl sites for hydroxylation is 3. The number of hydrogen-bond donors (Lipinski definition) is 2. The van der Waals surface area contributed by atoms with E-state index in [2.05, 4.69) is 20.3 Å². The quantitative estimate of drug-likeness (QED) is 0.283. The highest BCUT2D eigenvalue weighted by molar-refractivity contribution is 7.99. The number of thiophene rings is 1. The summed E-state index contributed by atoms with van der Waals surface area (Å²) in [6.07, 6.45) is 4.29. The van der Waals surface area contributed by atoms with Crippen molar-refractivity contribution in [3.8, 4) is 0 Å². The van der Waals surface area contributed by atoms with Crippen LogP contribution in [0.3, 0.4) is 0 Å². The van der Waals surface area contributed by atoms with Gasteiger partial charge in [0.2, 0.25) is 0 Å². The number of ether oxygens (including phenoxy) is 1. The molecule has 0 spiro atoms. The van der Waals surface area contributed by atoms with E-state index in [1.807, 2.05) is 36.6 Å². The number of carbonyl (C=O) groups excluding carboxylic acids is 1. The number of hydrogen-bond acceptors (Lipinski definition) is 9. The molecule has 1 aliphatic carbocycles. The molecular formula is C25H26N4O3S3. The Balaban J connectivity index is 1.14. The second kappa shape index (κ2) is 10.5. The van der Waals surface area contributed by atoms with Crippen molar-refractivity contribution in [2.24, 2.45) is 0 Å². The van der Waals surface area contributed by atoms with Crippen LogP contribution in [0.4, 0.5) is 10.8 Å². The zero-order valence-corrected chi connectivity index (χ0v) is 22.0. The molecule has 35 heavy (non-hydrogen) atoms. The van der Waals surface area contributed by atoms with Gasteiger partial charge in [-0.15, -0.1) is 34.4 Å². The molecule has 2 N–H and O–H groups in total. The summed E-state index contributed by atoms with van der Waals surface area (Å²) >= 11 is 4.50. The number of rotatable bonds is 8. The molecule has 1 atom stereocenters. The van der Waals surface area contributed by atoms with E-state index in [0.29, 0.717) is 17.3 Å². The summed E-state index contributed by atoms with van der Waals surface area (Å²) < 4.78 is 5.47. The van der Waals surface area contributed by atoms with Crippen LogP contribution in [-0.2, 0) is 34.7 Å². The number of fused-ring (bicyclic) bond motifs is 3. The SMILES string of the molecule is Cc1ccc(Nc2nc(COC(=O)[C@@H](C)SCc3nc4sc5c(c4c(=O)[nH]3)CCCC5)cs2)cc1. The van der Waals surface area contributed by atoms with E-state index in [4.69, 9.17) is 4.74 Å². The minimum Gasteiger partial charge on any atom is -0.458 e. The molecule has 3 aromatic heterocycles. The molecule has 0 saturated carbocycles. The molecule has 0 unspecified atom stereocenters. The van der Waals surface area contributed by atoms with Crippen molar-refractivity contribution in [3.05, 3.63) is 67.5 Å². The first-order chi connectivity index (χ1) is 17.0. The first-order valence-electron chi connectivity index (χ1n) is 11.6. The van der Waals surface area contributed by atoms with Crippen molar-refractivity contribution in [1.29, 1.82) is 0 Å². The molecule has 0 saturated heterocycles. The van der Waals surface area contributed by atoms with Crippen molar-refractivity contribution < 1.29 is 9.53 Å². The van der Waals surface area contributed by atoms with E-state index in [0.717, 1.165) is 40.3 Å². The third-order valence-electron chi connectivity index (χ3n) is 5.89. The van der Waals surface area contributed by atoms with Crippen molar-refractivity contribution in [3.63, 3.8) is 0 Å². The monoisotopic (exact) mass is 526 g/mol. The fraction of sp³-hybridized carbons (Fsp3) is 0.360. The largest absolute Gasteiger partial charge is 0.458 e. The molecular weight excluding hydrogens is 501 g/mol. The number of thioether (sulfide) groups is 1. The lowest BCUT2D eigenvalue weighted by molar-refractivity contribution is -0.144. The lowest BCUT2D eigenvalue weighted by Gasteiger charge is -2.11. The fourth-order valence-electron chi connectivity index (χ4n) is 4.00. The van der Waals surface area contributed by atoms with Crippen molar-refractivity contribution >= 4 is 61.4 Å². The van der Waals surface area contributed by atoms with Crippen LogP contribution in [-0.4, -0.2) is 26.2 Å². The summed E-state index contributed by atoms with van der Waals surface area (Å²) in [4.78, 5) is 39.4. The molecule has 7 nitrogen and oxygen atoms in total. The van der Waals surface area contributed by atoms with Gasteiger partial charge < -0.3 is 15.0 Å². The van der Waals surface area contributed by atoms with Crippen LogP contribution in [0.2, 0.25) is 0 Å². The molecule has 0 aliphatic heterocycles. The zero-order chi connectivity index (χ0) is 24.4. The van der Waals surface area contributed by atoms with Gasteiger partial charge in [-0.3, -0.25) is 9.59 Å². The third kappa shape index (κ3) is 5.60. The second-order valence-electron chi connectivity index (χ2n) is 8.60. The lowest BCUT2D eigenvalue weighted by Crippen LogP contribution is -2.18. The first kappa shape index (κ1) is 24.0. The van der Waals surface area contributed by atoms with E-state index in [1.54, 1.807) is 18.3 Å². The maximum absolute atomic E-state index is 12.7. The van der Waals surface area contributed by atoms with Crippen LogP contribution in [0.15, 0.2) is 34.4 Å². The Morgan fingerprint density at radius 2 is 2.03 bits per heavy atom. The fourth-order valence-corrected chi connectivity index (χ4v) is 6.75. The Morgan fingerprint density at radius 1 is 1.23 bits per heavy atom. The lowest BCUT2D eigenvalue weighted by atomic mass is 9.97. The summed E-state index contributed by atoms with van der Waals surface area (Å²) in [6.45, 7) is 3.97. The van der Waals surface area contributed by atoms with E-state index in [-0.39, 0.29) is 18.1 Å². The first-order valence-corrected chi connectivity index (χ1v) is 14.3. The van der Waals surface area contributed by atoms with Crippen molar-refractivity contribution in [2.75, 3.05) is 5.32 Å². The maximum atomic E-state index is 12.7. The Morgan fingerprint density at radius 3 is 2.86 bits per heavy atom. The average Bonchev–Trinajstić information content (AvgIpc) is 3.46. The van der Waals surface area contributed by atoms with Gasteiger partial charge in [-0.2, -0.15) is 0 Å². The number of carbonyl (C=O) groups is 1. The molecule has 1 aliphatic rings. The number of anilines is 2. The average molecular weight is 527 g/mol. The number of thiazole rings is 1. The van der Waals surface area contributed by atoms with Gasteiger partial charge in [0, 0.05) is 15.9 Å². The van der Waals surface area contributed by atoms with Gasteiger partial charge in [0.25, 0.3) is 5.56 Å².